The Kier molecular flexibility index (Phi) is 16.5. The normalized spacial score (nSPS) is 11.7. The van der Waals surface area contributed by atoms with Crippen LogP contribution in [0.2, 0.25) is 0 Å². The number of phenols is 3. The summed E-state index contributed by atoms with van der Waals surface area (Å²) in [5, 5.41) is 31.2. The highest BCUT2D eigenvalue weighted by atomic mass is 16.3. The van der Waals surface area contributed by atoms with Crippen molar-refractivity contribution in [1.29, 1.82) is 0 Å². The van der Waals surface area contributed by atoms with Gasteiger partial charge in [-0.3, -0.25) is 4.79 Å². The van der Waals surface area contributed by atoms with Gasteiger partial charge < -0.3 is 20.6 Å². The summed E-state index contributed by atoms with van der Waals surface area (Å²) in [6, 6.07) is 11.3. The predicted molar refractivity (Wildman–Crippen MR) is 153 cm³/mol. The summed E-state index contributed by atoms with van der Waals surface area (Å²) >= 11 is 0. The fourth-order valence-electron chi connectivity index (χ4n) is 3.28. The van der Waals surface area contributed by atoms with Crippen LogP contribution in [-0.2, 0) is 4.79 Å². The minimum atomic E-state index is 0.0272. The number of nitrogens with one attached hydrogen (secondary N) is 1. The second-order valence-electron chi connectivity index (χ2n) is 8.90. The number of likely N-dealkylation sites (N-methyl/N-ethyl adjacent to an activating group) is 1. The zero-order valence-corrected chi connectivity index (χ0v) is 23.5. The third-order valence-corrected chi connectivity index (χ3v) is 6.19. The van der Waals surface area contributed by atoms with Crippen LogP contribution < -0.4 is 5.32 Å². The first-order chi connectivity index (χ1) is 17.0. The third-order valence-electron chi connectivity index (χ3n) is 6.19. The monoisotopic (exact) mass is 497 g/mol. The molecule has 0 heterocycles. The van der Waals surface area contributed by atoms with Crippen LogP contribution in [-0.4, -0.2) is 28.3 Å². The Morgan fingerprint density at radius 1 is 0.750 bits per heavy atom. The molecule has 0 atom stereocenters. The number of hydrogen-bond acceptors (Lipinski definition) is 4. The van der Waals surface area contributed by atoms with Gasteiger partial charge in [0.05, 0.1) is 0 Å². The first kappa shape index (κ1) is 32.8. The highest BCUT2D eigenvalue weighted by Crippen LogP contribution is 2.33. The second-order valence-corrected chi connectivity index (χ2v) is 8.90. The quantitative estimate of drug-likeness (QED) is 0.128. The zero-order valence-electron chi connectivity index (χ0n) is 23.5. The van der Waals surface area contributed by atoms with Gasteiger partial charge >= 0.3 is 0 Å². The molecule has 0 aliphatic rings. The summed E-state index contributed by atoms with van der Waals surface area (Å²) in [7, 11) is 1.65. The summed E-state index contributed by atoms with van der Waals surface area (Å²) < 4.78 is 0. The Balaban J connectivity index is 0.000000605. The van der Waals surface area contributed by atoms with Crippen LogP contribution in [0.4, 0.5) is 0 Å². The predicted octanol–water partition coefficient (Wildman–Crippen LogP) is 8.21. The first-order valence-electron chi connectivity index (χ1n) is 12.9. The molecule has 2 aromatic carbocycles. The van der Waals surface area contributed by atoms with E-state index in [1.165, 1.54) is 50.3 Å². The SMILES string of the molecule is C/C(=C(\C)c1cc(O)ccc1O)c1ccc(O)cc1.CC/C(C)=C(\C)C(=O)NC.CCCCCCC. The van der Waals surface area contributed by atoms with Gasteiger partial charge in [-0.2, -0.15) is 0 Å². The molecule has 2 rings (SSSR count). The molecule has 200 valence electrons. The number of rotatable bonds is 8. The van der Waals surface area contributed by atoms with Crippen molar-refractivity contribution >= 4 is 17.1 Å². The molecule has 0 spiro atoms. The molecule has 4 N–H and O–H groups in total. The van der Waals surface area contributed by atoms with Gasteiger partial charge in [-0.15, -0.1) is 0 Å². The Hall–Kier alpha value is -3.21. The number of hydrogen-bond donors (Lipinski definition) is 4. The van der Waals surface area contributed by atoms with Crippen LogP contribution in [0.3, 0.4) is 0 Å². The molecule has 0 aliphatic heterocycles. The number of allylic oxidation sites excluding steroid dienone is 3. The molecule has 0 bridgehead atoms. The molecule has 0 aromatic heterocycles. The molecular weight excluding hydrogens is 450 g/mol. The number of phenolic OH excluding ortho intramolecular Hbond substituents is 3. The van der Waals surface area contributed by atoms with E-state index >= 15 is 0 Å². The van der Waals surface area contributed by atoms with Gasteiger partial charge in [0, 0.05) is 18.2 Å². The first-order valence-corrected chi connectivity index (χ1v) is 12.9. The van der Waals surface area contributed by atoms with Crippen LogP contribution in [0.5, 0.6) is 17.2 Å². The molecule has 2 aromatic rings. The maximum absolute atomic E-state index is 10.9. The Morgan fingerprint density at radius 2 is 1.28 bits per heavy atom. The number of carbonyl (C=O) groups is 1. The van der Waals surface area contributed by atoms with Crippen molar-refractivity contribution in [3.63, 3.8) is 0 Å². The molecule has 0 unspecified atom stereocenters. The van der Waals surface area contributed by atoms with E-state index in [4.69, 9.17) is 0 Å². The molecule has 0 aliphatic carbocycles. The van der Waals surface area contributed by atoms with Gasteiger partial charge in [0.25, 0.3) is 0 Å². The van der Waals surface area contributed by atoms with Crippen LogP contribution in [0.15, 0.2) is 53.6 Å². The average molecular weight is 498 g/mol. The molecule has 36 heavy (non-hydrogen) atoms. The maximum atomic E-state index is 10.9. The smallest absolute Gasteiger partial charge is 0.246 e. The lowest BCUT2D eigenvalue weighted by atomic mass is 9.96. The van der Waals surface area contributed by atoms with Crippen molar-refractivity contribution in [2.75, 3.05) is 7.05 Å². The summed E-state index contributed by atoms with van der Waals surface area (Å²) in [5.41, 5.74) is 5.40. The van der Waals surface area contributed by atoms with E-state index in [1.807, 2.05) is 46.8 Å². The van der Waals surface area contributed by atoms with Gasteiger partial charge in [-0.25, -0.2) is 0 Å². The fraction of sp³-hybridized carbons (Fsp3) is 0.452. The van der Waals surface area contributed by atoms with Gasteiger partial charge in [0.1, 0.15) is 17.2 Å². The minimum absolute atomic E-state index is 0.0272. The lowest BCUT2D eigenvalue weighted by Crippen LogP contribution is -2.19. The van der Waals surface area contributed by atoms with E-state index < -0.39 is 0 Å². The maximum Gasteiger partial charge on any atom is 0.246 e. The number of amides is 1. The Morgan fingerprint density at radius 3 is 1.75 bits per heavy atom. The number of carbonyl (C=O) groups excluding carboxylic acids is 1. The molecular formula is C31H47NO4. The molecule has 0 saturated carbocycles. The third kappa shape index (κ3) is 12.0. The van der Waals surface area contributed by atoms with Crippen molar-refractivity contribution in [2.45, 2.75) is 87.0 Å². The lowest BCUT2D eigenvalue weighted by Gasteiger charge is -2.11. The highest BCUT2D eigenvalue weighted by molar-refractivity contribution is 5.93. The zero-order chi connectivity index (χ0) is 27.7. The van der Waals surface area contributed by atoms with Crippen LogP contribution in [0, 0.1) is 0 Å². The van der Waals surface area contributed by atoms with Crippen LogP contribution >= 0.6 is 0 Å². The average Bonchev–Trinajstić information content (AvgIpc) is 2.89. The summed E-state index contributed by atoms with van der Waals surface area (Å²) in [4.78, 5) is 10.9. The molecule has 0 saturated heterocycles. The van der Waals surface area contributed by atoms with Crippen molar-refractivity contribution in [3.05, 3.63) is 64.7 Å². The lowest BCUT2D eigenvalue weighted by molar-refractivity contribution is -0.117. The minimum Gasteiger partial charge on any atom is -0.508 e. The topological polar surface area (TPSA) is 89.8 Å². The van der Waals surface area contributed by atoms with Gasteiger partial charge in [0.15, 0.2) is 0 Å². The van der Waals surface area contributed by atoms with Crippen LogP contribution in [0.25, 0.3) is 11.1 Å². The van der Waals surface area contributed by atoms with E-state index in [0.29, 0.717) is 5.56 Å². The Labute approximate surface area is 218 Å². The Bertz CT molecular complexity index is 984. The molecule has 0 radical (unpaired) electrons. The van der Waals surface area contributed by atoms with Crippen molar-refractivity contribution in [2.24, 2.45) is 0 Å². The van der Waals surface area contributed by atoms with Gasteiger partial charge in [0.2, 0.25) is 5.91 Å². The second kappa shape index (κ2) is 18.1. The van der Waals surface area contributed by atoms with Gasteiger partial charge in [-0.05, 0) is 81.2 Å². The van der Waals surface area contributed by atoms with Crippen molar-refractivity contribution < 1.29 is 20.1 Å². The standard InChI is InChI=1S/C16H16O3.C8H15NO.C7H16/c1-10(12-3-5-13(17)6-4-12)11(2)15-9-14(18)7-8-16(15)19;1-5-6(2)7(3)8(10)9-4;1-3-5-7-6-4-2/h3-9,17-19H,1-2H3;5H2,1-4H3,(H,9,10);3-7H2,1-2H3/b11-10-;7-6+;. The van der Waals surface area contributed by atoms with E-state index in [-0.39, 0.29) is 23.2 Å². The van der Waals surface area contributed by atoms with Crippen LogP contribution in [0.1, 0.15) is 98.1 Å². The summed E-state index contributed by atoms with van der Waals surface area (Å²) in [5.74, 6) is 0.493. The van der Waals surface area contributed by atoms with Crippen molar-refractivity contribution in [3.8, 4) is 17.2 Å². The highest BCUT2D eigenvalue weighted by Gasteiger charge is 2.09. The molecule has 1 amide bonds. The summed E-state index contributed by atoms with van der Waals surface area (Å²) in [6.07, 6.45) is 7.95. The molecule has 0 fully saturated rings. The van der Waals surface area contributed by atoms with Gasteiger partial charge in [-0.1, -0.05) is 70.6 Å². The number of unbranched alkanes of at least 4 members (excludes halogenated alkanes) is 4. The number of aromatic hydroxyl groups is 3. The van der Waals surface area contributed by atoms with E-state index in [9.17, 15) is 20.1 Å². The van der Waals surface area contributed by atoms with E-state index in [1.54, 1.807) is 19.2 Å². The van der Waals surface area contributed by atoms with E-state index in [0.717, 1.165) is 34.3 Å². The number of benzene rings is 2. The largest absolute Gasteiger partial charge is 0.508 e. The molecule has 5 heteroatoms. The summed E-state index contributed by atoms with van der Waals surface area (Å²) in [6.45, 7) is 14.2. The fourth-order valence-corrected chi connectivity index (χ4v) is 3.28. The van der Waals surface area contributed by atoms with E-state index in [2.05, 4.69) is 19.2 Å². The molecule has 5 nitrogen and oxygen atoms in total. The van der Waals surface area contributed by atoms with Crippen molar-refractivity contribution in [1.82, 2.24) is 5.32 Å².